The van der Waals surface area contributed by atoms with Crippen LogP contribution in [0, 0.1) is 0 Å². The third-order valence-electron chi connectivity index (χ3n) is 4.00. The van der Waals surface area contributed by atoms with Crippen LogP contribution < -0.4 is 5.32 Å². The highest BCUT2D eigenvalue weighted by atomic mass is 15.2. The average molecular weight is 266 g/mol. The number of aromatic nitrogens is 2. The van der Waals surface area contributed by atoms with Gasteiger partial charge in [0.1, 0.15) is 5.82 Å². The van der Waals surface area contributed by atoms with Crippen LogP contribution in [0.25, 0.3) is 0 Å². The van der Waals surface area contributed by atoms with Crippen molar-refractivity contribution < 1.29 is 0 Å². The Kier molecular flexibility index (Phi) is 6.01. The van der Waals surface area contributed by atoms with E-state index in [1.165, 1.54) is 0 Å². The lowest BCUT2D eigenvalue weighted by Crippen LogP contribution is -2.53. The average Bonchev–Trinajstić information content (AvgIpc) is 2.77. The summed E-state index contributed by atoms with van der Waals surface area (Å²) in [6, 6.07) is 0.243. The van der Waals surface area contributed by atoms with Crippen molar-refractivity contribution in [1.29, 1.82) is 0 Å². The summed E-state index contributed by atoms with van der Waals surface area (Å²) < 4.78 is 2.12. The zero-order chi connectivity index (χ0) is 14.5. The molecule has 0 fully saturated rings. The summed E-state index contributed by atoms with van der Waals surface area (Å²) in [7, 11) is 2.07. The summed E-state index contributed by atoms with van der Waals surface area (Å²) in [5, 5.41) is 3.68. The molecule has 0 saturated heterocycles. The fourth-order valence-corrected chi connectivity index (χ4v) is 2.82. The van der Waals surface area contributed by atoms with Crippen molar-refractivity contribution in [2.24, 2.45) is 7.05 Å². The first kappa shape index (κ1) is 16.2. The van der Waals surface area contributed by atoms with E-state index < -0.39 is 0 Å². The molecule has 0 aromatic carbocycles. The second-order valence-corrected chi connectivity index (χ2v) is 5.61. The molecule has 1 rings (SSSR count). The number of rotatable bonds is 8. The van der Waals surface area contributed by atoms with Crippen molar-refractivity contribution >= 4 is 0 Å². The number of nitrogens with one attached hydrogen (secondary N) is 1. The van der Waals surface area contributed by atoms with E-state index >= 15 is 0 Å². The van der Waals surface area contributed by atoms with Crippen LogP contribution in [-0.4, -0.2) is 39.6 Å². The van der Waals surface area contributed by atoms with Crippen molar-refractivity contribution in [3.05, 3.63) is 18.2 Å². The summed E-state index contributed by atoms with van der Waals surface area (Å²) in [5.41, 5.74) is 0.0395. The lowest BCUT2D eigenvalue weighted by molar-refractivity contribution is 0.0865. The normalized spacial score (nSPS) is 14.1. The van der Waals surface area contributed by atoms with Crippen LogP contribution in [0.4, 0.5) is 0 Å². The molecule has 4 nitrogen and oxygen atoms in total. The Morgan fingerprint density at radius 1 is 1.32 bits per heavy atom. The van der Waals surface area contributed by atoms with E-state index in [-0.39, 0.29) is 11.6 Å². The Balaban J connectivity index is 3.05. The van der Waals surface area contributed by atoms with Gasteiger partial charge in [-0.2, -0.15) is 0 Å². The minimum absolute atomic E-state index is 0.0395. The topological polar surface area (TPSA) is 33.1 Å². The van der Waals surface area contributed by atoms with Gasteiger partial charge in [0.15, 0.2) is 0 Å². The van der Waals surface area contributed by atoms with Crippen molar-refractivity contribution in [1.82, 2.24) is 19.8 Å². The maximum Gasteiger partial charge on any atom is 0.127 e. The van der Waals surface area contributed by atoms with E-state index in [1.54, 1.807) is 0 Å². The van der Waals surface area contributed by atoms with Gasteiger partial charge < -0.3 is 9.88 Å². The molecule has 4 heteroatoms. The molecule has 0 aliphatic carbocycles. The van der Waals surface area contributed by atoms with Crippen LogP contribution in [0.2, 0.25) is 0 Å². The highest BCUT2D eigenvalue weighted by molar-refractivity contribution is 5.08. The Labute approximate surface area is 118 Å². The molecule has 1 unspecified atom stereocenters. The number of aryl methyl sites for hydroxylation is 1. The van der Waals surface area contributed by atoms with E-state index in [1.807, 2.05) is 12.4 Å². The fourth-order valence-electron chi connectivity index (χ4n) is 2.82. The molecule has 0 amide bonds. The predicted molar refractivity (Wildman–Crippen MR) is 81.2 cm³/mol. The van der Waals surface area contributed by atoms with Crippen LogP contribution >= 0.6 is 0 Å². The molecule has 19 heavy (non-hydrogen) atoms. The monoisotopic (exact) mass is 266 g/mol. The standard InChI is InChI=1S/C15H30N4/c1-7-10-16-13(14-17-11-12-18(14)6)15(4,5)19(8-2)9-3/h11-13,16H,7-10H2,1-6H3. The van der Waals surface area contributed by atoms with Gasteiger partial charge in [0, 0.05) is 25.0 Å². The van der Waals surface area contributed by atoms with Gasteiger partial charge in [0.2, 0.25) is 0 Å². The lowest BCUT2D eigenvalue weighted by Gasteiger charge is -2.43. The molecule has 1 heterocycles. The van der Waals surface area contributed by atoms with E-state index in [9.17, 15) is 0 Å². The van der Waals surface area contributed by atoms with E-state index in [0.29, 0.717) is 0 Å². The first-order chi connectivity index (χ1) is 8.98. The molecule has 0 aliphatic heterocycles. The van der Waals surface area contributed by atoms with Gasteiger partial charge in [-0.3, -0.25) is 4.90 Å². The lowest BCUT2D eigenvalue weighted by atomic mass is 9.91. The highest BCUT2D eigenvalue weighted by Gasteiger charge is 2.36. The molecule has 0 aliphatic rings. The Morgan fingerprint density at radius 3 is 2.37 bits per heavy atom. The van der Waals surface area contributed by atoms with Crippen LogP contribution in [0.15, 0.2) is 12.4 Å². The molecular weight excluding hydrogens is 236 g/mol. The van der Waals surface area contributed by atoms with Gasteiger partial charge in [-0.1, -0.05) is 20.8 Å². The summed E-state index contributed by atoms with van der Waals surface area (Å²) >= 11 is 0. The SMILES string of the molecule is CCCNC(c1nccn1C)C(C)(C)N(CC)CC. The fraction of sp³-hybridized carbons (Fsp3) is 0.800. The zero-order valence-corrected chi connectivity index (χ0v) is 13.4. The molecule has 0 radical (unpaired) electrons. The summed E-state index contributed by atoms with van der Waals surface area (Å²) in [6.45, 7) is 14.4. The Hall–Kier alpha value is -0.870. The van der Waals surface area contributed by atoms with Crippen LogP contribution in [0.1, 0.15) is 52.9 Å². The highest BCUT2D eigenvalue weighted by Crippen LogP contribution is 2.29. The van der Waals surface area contributed by atoms with Gasteiger partial charge in [-0.15, -0.1) is 0 Å². The third kappa shape index (κ3) is 3.57. The van der Waals surface area contributed by atoms with Gasteiger partial charge in [-0.05, 0) is 39.9 Å². The molecule has 110 valence electrons. The van der Waals surface area contributed by atoms with Gasteiger partial charge in [-0.25, -0.2) is 4.98 Å². The van der Waals surface area contributed by atoms with Crippen molar-refractivity contribution in [2.75, 3.05) is 19.6 Å². The minimum atomic E-state index is 0.0395. The number of hydrogen-bond donors (Lipinski definition) is 1. The smallest absolute Gasteiger partial charge is 0.127 e. The summed E-state index contributed by atoms with van der Waals surface area (Å²) in [4.78, 5) is 7.06. The van der Waals surface area contributed by atoms with Crippen LogP contribution in [-0.2, 0) is 7.05 Å². The number of nitrogens with zero attached hydrogens (tertiary/aromatic N) is 3. The van der Waals surface area contributed by atoms with Crippen LogP contribution in [0.5, 0.6) is 0 Å². The molecule has 1 aromatic heterocycles. The maximum atomic E-state index is 4.56. The summed E-state index contributed by atoms with van der Waals surface area (Å²) in [5.74, 6) is 1.12. The van der Waals surface area contributed by atoms with E-state index in [2.05, 4.69) is 61.4 Å². The quantitative estimate of drug-likeness (QED) is 0.785. The second kappa shape index (κ2) is 7.06. The predicted octanol–water partition coefficient (Wildman–Crippen LogP) is 2.58. The first-order valence-electron chi connectivity index (χ1n) is 7.44. The second-order valence-electron chi connectivity index (χ2n) is 5.61. The van der Waals surface area contributed by atoms with Gasteiger partial charge >= 0.3 is 0 Å². The van der Waals surface area contributed by atoms with Gasteiger partial charge in [0.25, 0.3) is 0 Å². The molecule has 1 N–H and O–H groups in total. The van der Waals surface area contributed by atoms with Gasteiger partial charge in [0.05, 0.1) is 6.04 Å². The molecule has 1 atom stereocenters. The minimum Gasteiger partial charge on any atom is -0.337 e. The number of hydrogen-bond acceptors (Lipinski definition) is 3. The van der Waals surface area contributed by atoms with Crippen molar-refractivity contribution in [3.63, 3.8) is 0 Å². The number of imidazole rings is 1. The maximum absolute atomic E-state index is 4.56. The molecule has 0 spiro atoms. The molecular formula is C15H30N4. The third-order valence-corrected chi connectivity index (χ3v) is 4.00. The van der Waals surface area contributed by atoms with E-state index in [0.717, 1.165) is 31.9 Å². The largest absolute Gasteiger partial charge is 0.337 e. The van der Waals surface area contributed by atoms with Crippen molar-refractivity contribution in [3.8, 4) is 0 Å². The van der Waals surface area contributed by atoms with Crippen molar-refractivity contribution in [2.45, 2.75) is 52.6 Å². The summed E-state index contributed by atoms with van der Waals surface area (Å²) in [6.07, 6.45) is 5.04. The Bertz CT molecular complexity index is 366. The molecule has 0 saturated carbocycles. The zero-order valence-electron chi connectivity index (χ0n) is 13.4. The first-order valence-corrected chi connectivity index (χ1v) is 7.44. The Morgan fingerprint density at radius 2 is 1.95 bits per heavy atom. The van der Waals surface area contributed by atoms with E-state index in [4.69, 9.17) is 0 Å². The van der Waals surface area contributed by atoms with Crippen LogP contribution in [0.3, 0.4) is 0 Å². The molecule has 0 bridgehead atoms. The number of likely N-dealkylation sites (N-methyl/N-ethyl adjacent to an activating group) is 1. The molecule has 1 aromatic rings.